The highest BCUT2D eigenvalue weighted by Crippen LogP contribution is 2.28. The van der Waals surface area contributed by atoms with Crippen LogP contribution in [0.25, 0.3) is 11.3 Å². The van der Waals surface area contributed by atoms with Crippen LogP contribution in [0.5, 0.6) is 17.2 Å². The summed E-state index contributed by atoms with van der Waals surface area (Å²) in [5, 5.41) is 20.6. The Balaban J connectivity index is 1.27. The molecule has 0 radical (unpaired) electrons. The Labute approximate surface area is 277 Å². The van der Waals surface area contributed by atoms with E-state index in [-0.39, 0.29) is 29.5 Å². The van der Waals surface area contributed by atoms with Crippen LogP contribution in [0.2, 0.25) is 5.02 Å². The maximum atomic E-state index is 13.4. The molecule has 242 valence electrons. The van der Waals surface area contributed by atoms with Crippen molar-refractivity contribution < 1.29 is 19.4 Å². The lowest BCUT2D eigenvalue weighted by Gasteiger charge is -2.17. The second-order valence-corrected chi connectivity index (χ2v) is 11.5. The predicted octanol–water partition coefficient (Wildman–Crippen LogP) is 7.00. The van der Waals surface area contributed by atoms with Crippen LogP contribution in [0.15, 0.2) is 90.2 Å². The van der Waals surface area contributed by atoms with Gasteiger partial charge in [-0.2, -0.15) is 5.10 Å². The topological polar surface area (TPSA) is 120 Å². The van der Waals surface area contributed by atoms with Crippen LogP contribution in [0.1, 0.15) is 40.6 Å². The molecular formula is C36H36ClN5O5. The number of methoxy groups -OCH3 is 1. The number of amides is 2. The number of carbonyl (C=O) groups is 1. The van der Waals surface area contributed by atoms with E-state index in [2.05, 4.69) is 22.3 Å². The summed E-state index contributed by atoms with van der Waals surface area (Å²) < 4.78 is 14.8. The van der Waals surface area contributed by atoms with Crippen LogP contribution < -0.4 is 25.7 Å². The molecule has 47 heavy (non-hydrogen) atoms. The zero-order valence-corrected chi connectivity index (χ0v) is 27.4. The first kappa shape index (κ1) is 32.9. The van der Waals surface area contributed by atoms with E-state index < -0.39 is 6.03 Å². The van der Waals surface area contributed by atoms with Crippen LogP contribution in [0.4, 0.5) is 10.6 Å². The molecule has 5 aromatic rings. The lowest BCUT2D eigenvalue weighted by Crippen LogP contribution is -2.29. The number of benzene rings is 3. The van der Waals surface area contributed by atoms with Crippen molar-refractivity contribution in [3.05, 3.63) is 134 Å². The number of anilines is 1. The highest BCUT2D eigenvalue weighted by Gasteiger charge is 2.16. The van der Waals surface area contributed by atoms with Crippen LogP contribution in [-0.4, -0.2) is 32.6 Å². The molecule has 5 rings (SSSR count). The molecule has 0 spiro atoms. The van der Waals surface area contributed by atoms with Crippen molar-refractivity contribution in [2.24, 2.45) is 0 Å². The number of aromatic hydroxyl groups is 1. The molecule has 0 aliphatic carbocycles. The number of hydrogen-bond donors (Lipinski definition) is 3. The number of nitrogens with one attached hydrogen (secondary N) is 2. The number of aromatic nitrogens is 3. The number of nitrogens with zero attached hydrogens (tertiary/aromatic N) is 3. The third kappa shape index (κ3) is 7.50. The molecule has 0 fully saturated rings. The van der Waals surface area contributed by atoms with E-state index in [1.807, 2.05) is 68.4 Å². The fraction of sp³-hybridized carbons (Fsp3) is 0.194. The predicted molar refractivity (Wildman–Crippen MR) is 184 cm³/mol. The van der Waals surface area contributed by atoms with E-state index >= 15 is 0 Å². The molecule has 2 amide bonds. The van der Waals surface area contributed by atoms with Crippen LogP contribution in [0.3, 0.4) is 0 Å². The van der Waals surface area contributed by atoms with E-state index in [0.29, 0.717) is 40.6 Å². The third-order valence-electron chi connectivity index (χ3n) is 7.73. The van der Waals surface area contributed by atoms with Crippen molar-refractivity contribution in [2.75, 3.05) is 12.4 Å². The second kappa shape index (κ2) is 14.3. The van der Waals surface area contributed by atoms with Crippen molar-refractivity contribution in [3.8, 4) is 22.9 Å². The van der Waals surface area contributed by atoms with Gasteiger partial charge in [0.05, 0.1) is 35.6 Å². The van der Waals surface area contributed by atoms with Crippen LogP contribution >= 0.6 is 11.6 Å². The van der Waals surface area contributed by atoms with Gasteiger partial charge in [-0.1, -0.05) is 60.6 Å². The quantitative estimate of drug-likeness (QED) is 0.141. The van der Waals surface area contributed by atoms with Crippen LogP contribution in [0, 0.1) is 13.8 Å². The van der Waals surface area contributed by atoms with Crippen molar-refractivity contribution in [1.82, 2.24) is 19.7 Å². The zero-order chi connectivity index (χ0) is 33.7. The minimum Gasteiger partial charge on any atom is -0.506 e. The van der Waals surface area contributed by atoms with Crippen LogP contribution in [-0.2, 0) is 19.7 Å². The molecule has 2 aromatic heterocycles. The third-order valence-corrected chi connectivity index (χ3v) is 8.05. The molecule has 0 aliphatic heterocycles. The van der Waals surface area contributed by atoms with Crippen molar-refractivity contribution in [3.63, 3.8) is 0 Å². The molecular weight excluding hydrogens is 618 g/mol. The minimum atomic E-state index is -0.460. The largest absolute Gasteiger partial charge is 0.506 e. The van der Waals surface area contributed by atoms with Gasteiger partial charge in [-0.15, -0.1) is 0 Å². The number of para-hydroxylation sites is 1. The molecule has 10 nitrogen and oxygen atoms in total. The standard InChI is InChI=1S/C36H36ClN5O5/c1-22(2)30-18-34(42(40-30)28-14-15-29(37)31(43)17-28)39-36(45)38-19-25-10-6-7-12-27(25)21-47-33-16-23(3)41(35(44)24(33)4)20-26-11-8-9-13-32(26)46-5/h6-18,43H,1,19-21H2,2-5H3,(H2,38,39,45). The number of hydrogen-bond acceptors (Lipinski definition) is 6. The van der Waals surface area contributed by atoms with Crippen molar-refractivity contribution >= 4 is 29.0 Å². The highest BCUT2D eigenvalue weighted by molar-refractivity contribution is 6.32. The Kier molecular flexibility index (Phi) is 10.0. The molecule has 3 aromatic carbocycles. The molecule has 0 aliphatic rings. The fourth-order valence-corrected chi connectivity index (χ4v) is 5.18. The number of urea groups is 1. The molecule has 0 atom stereocenters. The first-order valence-corrected chi connectivity index (χ1v) is 15.3. The normalized spacial score (nSPS) is 10.8. The van der Waals surface area contributed by atoms with Gasteiger partial charge in [0.1, 0.15) is 29.7 Å². The lowest BCUT2D eigenvalue weighted by molar-refractivity contribution is 0.251. The lowest BCUT2D eigenvalue weighted by atomic mass is 10.1. The summed E-state index contributed by atoms with van der Waals surface area (Å²) in [6.45, 7) is 10.2. The average molecular weight is 654 g/mol. The van der Waals surface area contributed by atoms with Gasteiger partial charge < -0.3 is 24.5 Å². The molecule has 2 heterocycles. The maximum absolute atomic E-state index is 13.4. The van der Waals surface area contributed by atoms with E-state index in [0.717, 1.165) is 28.1 Å². The SMILES string of the molecule is C=C(C)c1cc(NC(=O)NCc2ccccc2COc2cc(C)n(Cc3ccccc3OC)c(=O)c2C)n(-c2ccc(Cl)c(O)c2)n1. The van der Waals surface area contributed by atoms with E-state index in [1.54, 1.807) is 36.8 Å². The monoisotopic (exact) mass is 653 g/mol. The Morgan fingerprint density at radius 3 is 2.38 bits per heavy atom. The van der Waals surface area contributed by atoms with Gasteiger partial charge in [0.2, 0.25) is 0 Å². The number of rotatable bonds is 11. The van der Waals surface area contributed by atoms with E-state index in [9.17, 15) is 14.7 Å². The van der Waals surface area contributed by atoms with Gasteiger partial charge in [-0.25, -0.2) is 9.48 Å². The van der Waals surface area contributed by atoms with Gasteiger partial charge >= 0.3 is 6.03 Å². The first-order valence-electron chi connectivity index (χ1n) is 14.9. The Hall–Kier alpha value is -5.48. The smallest absolute Gasteiger partial charge is 0.320 e. The molecule has 3 N–H and O–H groups in total. The van der Waals surface area contributed by atoms with Gasteiger partial charge in [-0.3, -0.25) is 10.1 Å². The second-order valence-electron chi connectivity index (χ2n) is 11.1. The number of carbonyl (C=O) groups excluding carboxylic acids is 1. The Morgan fingerprint density at radius 2 is 1.68 bits per heavy atom. The minimum absolute atomic E-state index is 0.106. The number of phenols is 1. The highest BCUT2D eigenvalue weighted by atomic mass is 35.5. The number of pyridine rings is 1. The number of phenolic OH excluding ortho intramolecular Hbond substituents is 1. The van der Waals surface area contributed by atoms with Gasteiger partial charge in [0.15, 0.2) is 0 Å². The van der Waals surface area contributed by atoms with Gasteiger partial charge in [0, 0.05) is 29.9 Å². The molecule has 0 saturated heterocycles. The Bertz CT molecular complexity index is 2020. The maximum Gasteiger partial charge on any atom is 0.320 e. The molecule has 0 unspecified atom stereocenters. The number of allylic oxidation sites excluding steroid dienone is 1. The summed E-state index contributed by atoms with van der Waals surface area (Å²) >= 11 is 5.98. The van der Waals surface area contributed by atoms with E-state index in [4.69, 9.17) is 21.1 Å². The summed E-state index contributed by atoms with van der Waals surface area (Å²) in [7, 11) is 1.61. The molecule has 0 saturated carbocycles. The van der Waals surface area contributed by atoms with E-state index in [1.165, 1.54) is 10.7 Å². The summed E-state index contributed by atoms with van der Waals surface area (Å²) in [4.78, 5) is 26.4. The number of aryl methyl sites for hydroxylation is 1. The molecule has 11 heteroatoms. The molecule has 0 bridgehead atoms. The van der Waals surface area contributed by atoms with Gasteiger partial charge in [-0.05, 0) is 61.7 Å². The fourth-order valence-electron chi connectivity index (χ4n) is 5.06. The number of ether oxygens (including phenoxy) is 2. The average Bonchev–Trinajstić information content (AvgIpc) is 3.49. The summed E-state index contributed by atoms with van der Waals surface area (Å²) in [6.07, 6.45) is 0. The number of halogens is 1. The summed E-state index contributed by atoms with van der Waals surface area (Å²) in [5.74, 6) is 1.49. The Morgan fingerprint density at radius 1 is 0.979 bits per heavy atom. The van der Waals surface area contributed by atoms with Crippen molar-refractivity contribution in [2.45, 2.75) is 40.5 Å². The first-order chi connectivity index (χ1) is 22.5. The zero-order valence-electron chi connectivity index (χ0n) is 26.6. The summed E-state index contributed by atoms with van der Waals surface area (Å²) in [5.41, 5.74) is 5.53. The van der Waals surface area contributed by atoms with Crippen molar-refractivity contribution in [1.29, 1.82) is 0 Å². The van der Waals surface area contributed by atoms with Gasteiger partial charge in [0.25, 0.3) is 5.56 Å². The summed E-state index contributed by atoms with van der Waals surface area (Å²) in [6, 6.07) is 23.0.